The number of aryl methyl sites for hydroxylation is 1. The van der Waals surface area contributed by atoms with Gasteiger partial charge in [-0.15, -0.1) is 0 Å². The molecule has 6 nitrogen and oxygen atoms in total. The number of halogens is 1. The van der Waals surface area contributed by atoms with Crippen LogP contribution in [0.25, 0.3) is 33.7 Å². The molecule has 3 heterocycles. The van der Waals surface area contributed by atoms with E-state index in [0.29, 0.717) is 39.9 Å². The Bertz CT molecular complexity index is 1680. The van der Waals surface area contributed by atoms with E-state index < -0.39 is 0 Å². The van der Waals surface area contributed by atoms with Gasteiger partial charge in [0.25, 0.3) is 0 Å². The van der Waals surface area contributed by atoms with E-state index >= 15 is 0 Å². The topological polar surface area (TPSA) is 82.3 Å². The summed E-state index contributed by atoms with van der Waals surface area (Å²) in [6.07, 6.45) is 13.4. The first-order chi connectivity index (χ1) is 18.9. The van der Waals surface area contributed by atoms with E-state index in [1.807, 2.05) is 32.1 Å². The average Bonchev–Trinajstić information content (AvgIpc) is 3.61. The molecule has 4 aromatic rings. The molecule has 3 N–H and O–H groups in total. The van der Waals surface area contributed by atoms with Crippen LogP contribution in [0.5, 0.6) is 0 Å². The summed E-state index contributed by atoms with van der Waals surface area (Å²) in [5, 5.41) is 11.7. The molecule has 196 valence electrons. The molecule has 0 amide bonds. The van der Waals surface area contributed by atoms with Gasteiger partial charge in [0.15, 0.2) is 11.5 Å². The van der Waals surface area contributed by atoms with Crippen molar-refractivity contribution in [3.8, 4) is 11.5 Å². The lowest BCUT2D eigenvalue weighted by molar-refractivity contribution is 0.624. The fourth-order valence-electron chi connectivity index (χ4n) is 4.54. The lowest BCUT2D eigenvalue weighted by Gasteiger charge is -2.11. The molecule has 7 heteroatoms. The highest BCUT2D eigenvalue weighted by Gasteiger charge is 2.25. The lowest BCUT2D eigenvalue weighted by Crippen LogP contribution is -2.11. The maximum Gasteiger partial charge on any atom is 0.181 e. The fourth-order valence-corrected chi connectivity index (χ4v) is 4.54. The van der Waals surface area contributed by atoms with Crippen LogP contribution in [0.4, 0.5) is 4.39 Å². The first-order valence-electron chi connectivity index (χ1n) is 12.9. The van der Waals surface area contributed by atoms with Crippen LogP contribution in [0.2, 0.25) is 0 Å². The van der Waals surface area contributed by atoms with Crippen molar-refractivity contribution < 1.29 is 4.39 Å². The van der Waals surface area contributed by atoms with Gasteiger partial charge in [-0.3, -0.25) is 5.10 Å². The monoisotopic (exact) mass is 518 g/mol. The highest BCUT2D eigenvalue weighted by molar-refractivity contribution is 5.92. The predicted molar refractivity (Wildman–Crippen MR) is 157 cm³/mol. The van der Waals surface area contributed by atoms with Gasteiger partial charge in [-0.05, 0) is 62.5 Å². The minimum Gasteiger partial charge on any atom is -0.359 e. The molecule has 0 radical (unpaired) electrons. The molecule has 5 rings (SSSR count). The largest absolute Gasteiger partial charge is 0.359 e. The molecule has 0 unspecified atom stereocenters. The Balaban J connectivity index is 1.52. The van der Waals surface area contributed by atoms with Crippen LogP contribution in [0, 0.1) is 18.7 Å². The summed E-state index contributed by atoms with van der Waals surface area (Å²) in [5.74, 6) is 0.800. The van der Waals surface area contributed by atoms with E-state index in [2.05, 4.69) is 45.2 Å². The summed E-state index contributed by atoms with van der Waals surface area (Å²) in [6.45, 7) is 15.8. The zero-order valence-electron chi connectivity index (χ0n) is 22.2. The maximum atomic E-state index is 14.7. The average molecular weight is 519 g/mol. The van der Waals surface area contributed by atoms with E-state index in [4.69, 9.17) is 4.98 Å². The molecule has 0 bridgehead atoms. The van der Waals surface area contributed by atoms with Crippen molar-refractivity contribution in [2.45, 2.75) is 26.7 Å². The highest BCUT2D eigenvalue weighted by Crippen LogP contribution is 2.35. The molecule has 1 fully saturated rings. The minimum absolute atomic E-state index is 0.323. The first kappa shape index (κ1) is 25.9. The van der Waals surface area contributed by atoms with Crippen molar-refractivity contribution in [3.63, 3.8) is 0 Å². The quantitative estimate of drug-likeness (QED) is 0.191. The van der Waals surface area contributed by atoms with Gasteiger partial charge in [0, 0.05) is 40.0 Å². The van der Waals surface area contributed by atoms with E-state index in [1.165, 1.54) is 18.9 Å². The maximum absolute atomic E-state index is 14.7. The Morgan fingerprint density at radius 3 is 2.69 bits per heavy atom. The van der Waals surface area contributed by atoms with Crippen LogP contribution < -0.4 is 5.32 Å². The first-order valence-corrected chi connectivity index (χ1v) is 12.9. The number of rotatable bonds is 10. The molecule has 1 aromatic carbocycles. The van der Waals surface area contributed by atoms with Gasteiger partial charge in [0.1, 0.15) is 11.5 Å². The van der Waals surface area contributed by atoms with Crippen LogP contribution >= 0.6 is 0 Å². The molecular weight excluding hydrogens is 487 g/mol. The number of allylic oxidation sites excluding steroid dienone is 7. The number of aromatic nitrogens is 5. The number of fused-ring (bicyclic) bond motifs is 1. The number of imidazole rings is 1. The Kier molecular flexibility index (Phi) is 7.23. The van der Waals surface area contributed by atoms with Gasteiger partial charge in [-0.25, -0.2) is 14.4 Å². The normalized spacial score (nSPS) is 14.5. The van der Waals surface area contributed by atoms with Gasteiger partial charge in [0.05, 0.1) is 11.1 Å². The Labute approximate surface area is 227 Å². The van der Waals surface area contributed by atoms with Gasteiger partial charge in [-0.2, -0.15) is 5.10 Å². The summed E-state index contributed by atoms with van der Waals surface area (Å²) < 4.78 is 14.7. The number of hydrogen-bond acceptors (Lipinski definition) is 4. The zero-order chi connectivity index (χ0) is 27.5. The second-order valence-corrected chi connectivity index (χ2v) is 9.52. The van der Waals surface area contributed by atoms with Crippen molar-refractivity contribution in [2.75, 3.05) is 0 Å². The van der Waals surface area contributed by atoms with Crippen molar-refractivity contribution >= 4 is 22.2 Å². The molecule has 1 saturated carbocycles. The van der Waals surface area contributed by atoms with Gasteiger partial charge in [0.2, 0.25) is 0 Å². The highest BCUT2D eigenvalue weighted by atomic mass is 19.1. The van der Waals surface area contributed by atoms with Crippen molar-refractivity contribution in [3.05, 3.63) is 126 Å². The van der Waals surface area contributed by atoms with Crippen LogP contribution in [0.1, 0.15) is 42.3 Å². The predicted octanol–water partition coefficient (Wildman–Crippen LogP) is 7.40. The SMILES string of the molecule is C=C/C=C(/c1ccccc1F)c1nc(-c2[nH]nc3ncc(C(/C=C(\C=C)NC(=C)C4CC4)=C/C)cc23)[nH]c1C. The number of pyridine rings is 1. The number of nitrogens with zero attached hydrogens (tertiary/aromatic N) is 3. The summed E-state index contributed by atoms with van der Waals surface area (Å²) in [7, 11) is 0. The van der Waals surface area contributed by atoms with Gasteiger partial charge < -0.3 is 10.3 Å². The summed E-state index contributed by atoms with van der Waals surface area (Å²) in [5.41, 5.74) is 7.61. The van der Waals surface area contributed by atoms with Crippen LogP contribution in [0.15, 0.2) is 98.0 Å². The molecular formula is C32H31FN6. The van der Waals surface area contributed by atoms with E-state index in [1.54, 1.807) is 42.6 Å². The van der Waals surface area contributed by atoms with E-state index in [0.717, 1.165) is 33.6 Å². The molecule has 1 aliphatic rings. The molecule has 3 aromatic heterocycles. The third kappa shape index (κ3) is 5.29. The van der Waals surface area contributed by atoms with Crippen LogP contribution in [-0.4, -0.2) is 25.1 Å². The Hall–Kier alpha value is -4.78. The molecule has 0 saturated heterocycles. The number of benzene rings is 1. The number of H-pyrrole nitrogens is 2. The second-order valence-electron chi connectivity index (χ2n) is 9.52. The smallest absolute Gasteiger partial charge is 0.181 e. The molecule has 0 aliphatic heterocycles. The Morgan fingerprint density at radius 2 is 2.00 bits per heavy atom. The van der Waals surface area contributed by atoms with Crippen molar-refractivity contribution in [1.29, 1.82) is 0 Å². The summed E-state index contributed by atoms with van der Waals surface area (Å²) in [6, 6.07) is 8.68. The number of aromatic amines is 2. The fraction of sp³-hybridized carbons (Fsp3) is 0.156. The lowest BCUT2D eigenvalue weighted by atomic mass is 10.0. The number of hydrogen-bond donors (Lipinski definition) is 3. The third-order valence-corrected chi connectivity index (χ3v) is 6.79. The second kappa shape index (κ2) is 10.9. The summed E-state index contributed by atoms with van der Waals surface area (Å²) >= 11 is 0. The molecule has 0 spiro atoms. The molecule has 0 atom stereocenters. The standard InChI is InChI=1S/C32H31FN6/c1-6-11-26(25-12-9-10-13-28(25)33)29-20(5)36-32(37-29)30-27-17-23(18-34-31(27)39-38-30)21(7-2)16-24(8-3)35-19(4)22-14-15-22/h6-13,16-18,22,35H,1,3-4,14-15H2,2,5H3,(H,36,37)(H,34,38,39)/b21-7+,24-16+,26-11-. The van der Waals surface area contributed by atoms with E-state index in [-0.39, 0.29) is 5.82 Å². The third-order valence-electron chi connectivity index (χ3n) is 6.79. The van der Waals surface area contributed by atoms with Crippen molar-refractivity contribution in [1.82, 2.24) is 30.5 Å². The van der Waals surface area contributed by atoms with Crippen LogP contribution in [-0.2, 0) is 0 Å². The zero-order valence-corrected chi connectivity index (χ0v) is 22.2. The van der Waals surface area contributed by atoms with E-state index in [9.17, 15) is 4.39 Å². The minimum atomic E-state index is -0.323. The Morgan fingerprint density at radius 1 is 1.21 bits per heavy atom. The van der Waals surface area contributed by atoms with Gasteiger partial charge >= 0.3 is 0 Å². The van der Waals surface area contributed by atoms with Gasteiger partial charge in [-0.1, -0.05) is 56.2 Å². The van der Waals surface area contributed by atoms with Crippen LogP contribution in [0.3, 0.4) is 0 Å². The van der Waals surface area contributed by atoms with Crippen molar-refractivity contribution in [2.24, 2.45) is 5.92 Å². The molecule has 39 heavy (non-hydrogen) atoms. The number of nitrogens with one attached hydrogen (secondary N) is 3. The summed E-state index contributed by atoms with van der Waals surface area (Å²) in [4.78, 5) is 12.8. The molecule has 1 aliphatic carbocycles.